The van der Waals surface area contributed by atoms with Gasteiger partial charge >= 0.3 is 0 Å². The van der Waals surface area contributed by atoms with Crippen LogP contribution >= 0.6 is 17.4 Å². The first-order valence-corrected chi connectivity index (χ1v) is 5.66. The second-order valence-corrected chi connectivity index (χ2v) is 3.53. The number of hydrogen-bond donors (Lipinski definition) is 0. The number of rotatable bonds is 3. The molecule has 0 fully saturated rings. The SMILES string of the molecule is C=PCc1ccccc1CP. The van der Waals surface area contributed by atoms with Crippen molar-refractivity contribution in [3.63, 3.8) is 0 Å². The summed E-state index contributed by atoms with van der Waals surface area (Å²) in [4.78, 5) is 0. The standard InChI is InChI=1S/C9H12P2/c1-11-7-9-5-3-2-4-8(9)6-10/h2-5H,1,6-7,10H2. The maximum atomic E-state index is 3.82. The van der Waals surface area contributed by atoms with Gasteiger partial charge in [0.25, 0.3) is 0 Å². The molecule has 1 aromatic carbocycles. The molecule has 0 bridgehead atoms. The number of hydrogen-bond acceptors (Lipinski definition) is 0. The smallest absolute Gasteiger partial charge is 0.0143 e. The van der Waals surface area contributed by atoms with Gasteiger partial charge in [-0.2, -0.15) is 0 Å². The van der Waals surface area contributed by atoms with E-state index < -0.39 is 0 Å². The molecule has 0 aliphatic rings. The van der Waals surface area contributed by atoms with Gasteiger partial charge in [0, 0.05) is 6.16 Å². The predicted molar refractivity (Wildman–Crippen MR) is 57.6 cm³/mol. The van der Waals surface area contributed by atoms with E-state index in [4.69, 9.17) is 0 Å². The van der Waals surface area contributed by atoms with Crippen molar-refractivity contribution in [2.45, 2.75) is 12.3 Å². The van der Waals surface area contributed by atoms with Crippen LogP contribution in [0.2, 0.25) is 0 Å². The Bertz CT molecular complexity index is 243. The molecule has 0 spiro atoms. The summed E-state index contributed by atoms with van der Waals surface area (Å²) < 4.78 is 0. The van der Waals surface area contributed by atoms with Gasteiger partial charge in [-0.3, -0.25) is 0 Å². The zero-order valence-corrected chi connectivity index (χ0v) is 8.50. The molecule has 0 aromatic heterocycles. The van der Waals surface area contributed by atoms with Crippen LogP contribution in [0.15, 0.2) is 24.3 Å². The van der Waals surface area contributed by atoms with Crippen LogP contribution in [0.1, 0.15) is 11.1 Å². The van der Waals surface area contributed by atoms with Crippen LogP contribution in [0.4, 0.5) is 0 Å². The summed E-state index contributed by atoms with van der Waals surface area (Å²) in [5.41, 5.74) is 2.85. The van der Waals surface area contributed by atoms with Crippen LogP contribution in [-0.4, -0.2) is 6.30 Å². The quantitative estimate of drug-likeness (QED) is 0.630. The van der Waals surface area contributed by atoms with Gasteiger partial charge in [-0.05, 0) is 17.3 Å². The molecule has 0 saturated heterocycles. The Morgan fingerprint density at radius 3 is 2.45 bits per heavy atom. The lowest BCUT2D eigenvalue weighted by Gasteiger charge is -2.02. The van der Waals surface area contributed by atoms with Gasteiger partial charge in [-0.25, -0.2) is 0 Å². The normalized spacial score (nSPS) is 10.3. The Balaban J connectivity index is 2.92. The van der Waals surface area contributed by atoms with E-state index in [0.29, 0.717) is 0 Å². The van der Waals surface area contributed by atoms with Crippen molar-refractivity contribution in [3.05, 3.63) is 35.4 Å². The summed E-state index contributed by atoms with van der Waals surface area (Å²) in [7, 11) is 3.95. The van der Waals surface area contributed by atoms with E-state index in [1.165, 1.54) is 19.3 Å². The van der Waals surface area contributed by atoms with E-state index in [9.17, 15) is 0 Å². The molecule has 0 radical (unpaired) electrons. The summed E-state index contributed by atoms with van der Waals surface area (Å²) in [5, 5.41) is 0. The van der Waals surface area contributed by atoms with Crippen LogP contribution in [0.25, 0.3) is 0 Å². The molecule has 0 heterocycles. The molecular weight excluding hydrogens is 170 g/mol. The first-order chi connectivity index (χ1) is 5.38. The zero-order valence-electron chi connectivity index (χ0n) is 6.46. The minimum Gasteiger partial charge on any atom is -0.133 e. The highest BCUT2D eigenvalue weighted by Gasteiger charge is 1.95. The van der Waals surface area contributed by atoms with Crippen LogP contribution in [0.3, 0.4) is 0 Å². The van der Waals surface area contributed by atoms with Crippen molar-refractivity contribution in [3.8, 4) is 0 Å². The third-order valence-electron chi connectivity index (χ3n) is 1.62. The van der Waals surface area contributed by atoms with Gasteiger partial charge in [-0.15, -0.1) is 17.4 Å². The Hall–Kier alpha value is -0.180. The van der Waals surface area contributed by atoms with Crippen molar-refractivity contribution < 1.29 is 0 Å². The van der Waals surface area contributed by atoms with Crippen LogP contribution in [-0.2, 0) is 12.3 Å². The van der Waals surface area contributed by atoms with E-state index in [2.05, 4.69) is 39.8 Å². The maximum Gasteiger partial charge on any atom is 0.0143 e. The molecule has 1 rings (SSSR count). The molecule has 2 heteroatoms. The molecule has 58 valence electrons. The van der Waals surface area contributed by atoms with Gasteiger partial charge in [0.05, 0.1) is 0 Å². The van der Waals surface area contributed by atoms with Gasteiger partial charge in [0.2, 0.25) is 0 Å². The molecule has 11 heavy (non-hydrogen) atoms. The Morgan fingerprint density at radius 2 is 1.91 bits per heavy atom. The maximum absolute atomic E-state index is 3.82. The topological polar surface area (TPSA) is 0 Å². The van der Waals surface area contributed by atoms with Gasteiger partial charge < -0.3 is 0 Å². The van der Waals surface area contributed by atoms with Crippen molar-refractivity contribution >= 4 is 23.7 Å². The Kier molecular flexibility index (Phi) is 3.77. The monoisotopic (exact) mass is 182 g/mol. The summed E-state index contributed by atoms with van der Waals surface area (Å²) in [6.07, 6.45) is 5.94. The van der Waals surface area contributed by atoms with Gasteiger partial charge in [-0.1, -0.05) is 30.6 Å². The van der Waals surface area contributed by atoms with E-state index >= 15 is 0 Å². The fraction of sp³-hybridized carbons (Fsp3) is 0.222. The highest BCUT2D eigenvalue weighted by Crippen LogP contribution is 2.16. The average molecular weight is 182 g/mol. The highest BCUT2D eigenvalue weighted by molar-refractivity contribution is 7.35. The second-order valence-electron chi connectivity index (χ2n) is 2.35. The van der Waals surface area contributed by atoms with Gasteiger partial charge in [0.1, 0.15) is 0 Å². The molecule has 0 saturated carbocycles. The third-order valence-corrected chi connectivity index (χ3v) is 2.62. The average Bonchev–Trinajstić information content (AvgIpc) is 2.06. The fourth-order valence-electron chi connectivity index (χ4n) is 1.03. The van der Waals surface area contributed by atoms with Gasteiger partial charge in [0.15, 0.2) is 0 Å². The summed E-state index contributed by atoms with van der Waals surface area (Å²) >= 11 is 0. The van der Waals surface area contributed by atoms with E-state index in [1.807, 2.05) is 0 Å². The van der Waals surface area contributed by atoms with Crippen molar-refractivity contribution in [1.29, 1.82) is 0 Å². The zero-order chi connectivity index (χ0) is 8.10. The molecule has 0 aliphatic heterocycles. The minimum absolute atomic E-state index is 1.05. The summed E-state index contributed by atoms with van der Waals surface area (Å²) in [6, 6.07) is 8.53. The molecule has 1 aromatic rings. The number of benzene rings is 1. The second kappa shape index (κ2) is 4.65. The largest absolute Gasteiger partial charge is 0.133 e. The minimum atomic E-state index is 1.05. The van der Waals surface area contributed by atoms with Crippen molar-refractivity contribution in [2.75, 3.05) is 0 Å². The third kappa shape index (κ3) is 2.40. The Morgan fingerprint density at radius 1 is 1.27 bits per heavy atom. The van der Waals surface area contributed by atoms with Crippen LogP contribution < -0.4 is 0 Å². The molecule has 0 amide bonds. The molecule has 1 unspecified atom stereocenters. The molecule has 0 N–H and O–H groups in total. The lowest BCUT2D eigenvalue weighted by Crippen LogP contribution is -1.85. The lowest BCUT2D eigenvalue weighted by molar-refractivity contribution is 1.28. The van der Waals surface area contributed by atoms with E-state index in [0.717, 1.165) is 12.3 Å². The first-order valence-electron chi connectivity index (χ1n) is 3.58. The lowest BCUT2D eigenvalue weighted by atomic mass is 10.1. The van der Waals surface area contributed by atoms with E-state index in [-0.39, 0.29) is 0 Å². The summed E-state index contributed by atoms with van der Waals surface area (Å²) in [5.74, 6) is 0. The predicted octanol–water partition coefficient (Wildman–Crippen LogP) is 2.94. The van der Waals surface area contributed by atoms with Crippen molar-refractivity contribution in [2.24, 2.45) is 0 Å². The first kappa shape index (κ1) is 8.91. The van der Waals surface area contributed by atoms with Crippen molar-refractivity contribution in [1.82, 2.24) is 0 Å². The molecule has 1 atom stereocenters. The fourth-order valence-corrected chi connectivity index (χ4v) is 1.98. The molecule has 0 nitrogen and oxygen atoms in total. The Labute approximate surface area is 72.0 Å². The summed E-state index contributed by atoms with van der Waals surface area (Å²) in [6.45, 7) is 0. The molecule has 0 aliphatic carbocycles. The van der Waals surface area contributed by atoms with Crippen LogP contribution in [0, 0.1) is 0 Å². The highest BCUT2D eigenvalue weighted by atomic mass is 31.1. The van der Waals surface area contributed by atoms with Crippen LogP contribution in [0.5, 0.6) is 0 Å². The van der Waals surface area contributed by atoms with E-state index in [1.54, 1.807) is 0 Å². The molecular formula is C9H12P2.